The molecule has 7 heteroatoms. The molecule has 0 bridgehead atoms. The van der Waals surface area contributed by atoms with Crippen LogP contribution in [0.2, 0.25) is 0 Å². The summed E-state index contributed by atoms with van der Waals surface area (Å²) in [5.41, 5.74) is 0.935. The Kier molecular flexibility index (Phi) is 8.10. The maximum Gasteiger partial charge on any atom is 0.191 e. The van der Waals surface area contributed by atoms with Crippen molar-refractivity contribution in [3.05, 3.63) is 35.1 Å². The lowest BCUT2D eigenvalue weighted by Crippen LogP contribution is -2.45. The summed E-state index contributed by atoms with van der Waals surface area (Å²) in [7, 11) is 1.72. The molecule has 26 heavy (non-hydrogen) atoms. The van der Waals surface area contributed by atoms with Crippen LogP contribution >= 0.6 is 24.0 Å². The number of aliphatic imine (C=N–C) groups is 1. The molecule has 0 spiro atoms. The fourth-order valence-corrected chi connectivity index (χ4v) is 3.85. The number of likely N-dealkylation sites (tertiary alicyclic amines) is 1. The van der Waals surface area contributed by atoms with Crippen LogP contribution in [0.3, 0.4) is 0 Å². The minimum absolute atomic E-state index is 0. The Morgan fingerprint density at radius 3 is 2.81 bits per heavy atom. The molecule has 3 rings (SSSR count). The molecule has 2 fully saturated rings. The van der Waals surface area contributed by atoms with Gasteiger partial charge in [0.2, 0.25) is 0 Å². The molecule has 142 valence electrons. The van der Waals surface area contributed by atoms with Gasteiger partial charge in [0.1, 0.15) is 5.82 Å². The van der Waals surface area contributed by atoms with E-state index in [9.17, 15) is 4.39 Å². The summed E-state index contributed by atoms with van der Waals surface area (Å²) in [5, 5.41) is 15.6. The average Bonchev–Trinajstić information content (AvgIpc) is 3.31. The zero-order valence-corrected chi connectivity index (χ0v) is 17.5. The molecular formula is C19H27FIN5. The number of hydrogen-bond acceptors (Lipinski definition) is 3. The Morgan fingerprint density at radius 2 is 2.12 bits per heavy atom. The predicted octanol–water partition coefficient (Wildman–Crippen LogP) is 3.00. The maximum absolute atomic E-state index is 13.9. The number of nitriles is 1. The van der Waals surface area contributed by atoms with Crippen molar-refractivity contribution in [2.45, 2.75) is 50.7 Å². The van der Waals surface area contributed by atoms with Crippen LogP contribution < -0.4 is 10.6 Å². The van der Waals surface area contributed by atoms with Gasteiger partial charge in [0.15, 0.2) is 5.96 Å². The van der Waals surface area contributed by atoms with Gasteiger partial charge in [-0.1, -0.05) is 12.8 Å². The molecule has 1 unspecified atom stereocenters. The second-order valence-electron chi connectivity index (χ2n) is 6.91. The van der Waals surface area contributed by atoms with Crippen molar-refractivity contribution in [2.24, 2.45) is 4.99 Å². The van der Waals surface area contributed by atoms with E-state index < -0.39 is 0 Å². The highest BCUT2D eigenvalue weighted by Crippen LogP contribution is 2.26. The number of halogens is 2. The van der Waals surface area contributed by atoms with Crippen molar-refractivity contribution in [3.8, 4) is 6.07 Å². The predicted molar refractivity (Wildman–Crippen MR) is 112 cm³/mol. The van der Waals surface area contributed by atoms with E-state index in [0.29, 0.717) is 29.7 Å². The zero-order valence-electron chi connectivity index (χ0n) is 15.2. The lowest BCUT2D eigenvalue weighted by Gasteiger charge is -2.24. The molecule has 0 amide bonds. The fraction of sp³-hybridized carbons (Fsp3) is 0.579. The Hall–Kier alpha value is -1.40. The summed E-state index contributed by atoms with van der Waals surface area (Å²) in [4.78, 5) is 6.84. The Balaban J connectivity index is 0.00000243. The van der Waals surface area contributed by atoms with Crippen molar-refractivity contribution in [2.75, 3.05) is 20.1 Å². The van der Waals surface area contributed by atoms with Crippen LogP contribution in [0.15, 0.2) is 23.2 Å². The summed E-state index contributed by atoms with van der Waals surface area (Å²) in [6.07, 6.45) is 6.48. The van der Waals surface area contributed by atoms with E-state index in [1.165, 1.54) is 37.8 Å². The summed E-state index contributed by atoms with van der Waals surface area (Å²) in [6, 6.07) is 7.57. The van der Waals surface area contributed by atoms with Crippen LogP contribution in [0, 0.1) is 17.1 Å². The number of nitrogens with one attached hydrogen (secondary N) is 2. The fourth-order valence-electron chi connectivity index (χ4n) is 3.85. The largest absolute Gasteiger partial charge is 0.352 e. The molecule has 0 aromatic heterocycles. The minimum atomic E-state index is -0.310. The van der Waals surface area contributed by atoms with E-state index in [0.717, 1.165) is 25.6 Å². The highest BCUT2D eigenvalue weighted by Gasteiger charge is 2.30. The molecule has 1 aliphatic heterocycles. The van der Waals surface area contributed by atoms with Crippen LogP contribution in [0.5, 0.6) is 0 Å². The molecule has 0 radical (unpaired) electrons. The lowest BCUT2D eigenvalue weighted by molar-refractivity contribution is 0.242. The van der Waals surface area contributed by atoms with E-state index in [4.69, 9.17) is 5.26 Å². The number of nitrogens with zero attached hydrogens (tertiary/aromatic N) is 3. The van der Waals surface area contributed by atoms with Crippen LogP contribution in [0.1, 0.15) is 43.2 Å². The van der Waals surface area contributed by atoms with Gasteiger partial charge in [-0.05, 0) is 37.5 Å². The third kappa shape index (κ3) is 5.30. The minimum Gasteiger partial charge on any atom is -0.352 e. The van der Waals surface area contributed by atoms with E-state index in [1.807, 2.05) is 6.07 Å². The van der Waals surface area contributed by atoms with E-state index >= 15 is 0 Å². The van der Waals surface area contributed by atoms with Crippen LogP contribution in [0.25, 0.3) is 0 Å². The van der Waals surface area contributed by atoms with Gasteiger partial charge in [-0.2, -0.15) is 5.26 Å². The second kappa shape index (κ2) is 10.1. The van der Waals surface area contributed by atoms with Gasteiger partial charge in [-0.3, -0.25) is 9.89 Å². The average molecular weight is 471 g/mol. The Bertz CT molecular complexity index is 666. The number of benzene rings is 1. The SMILES string of the molecule is CN=C(NCc1cc(C#N)ccc1F)NC1CCN(C2CCCC2)C1.I. The van der Waals surface area contributed by atoms with Crippen molar-refractivity contribution in [1.29, 1.82) is 5.26 Å². The third-order valence-electron chi connectivity index (χ3n) is 5.25. The first-order valence-electron chi connectivity index (χ1n) is 9.09. The van der Waals surface area contributed by atoms with Crippen molar-refractivity contribution in [1.82, 2.24) is 15.5 Å². The van der Waals surface area contributed by atoms with Gasteiger partial charge in [-0.15, -0.1) is 24.0 Å². The molecule has 1 saturated carbocycles. The summed E-state index contributed by atoms with van der Waals surface area (Å²) in [6.45, 7) is 2.49. The maximum atomic E-state index is 13.9. The number of guanidine groups is 1. The first-order chi connectivity index (χ1) is 12.2. The molecule has 1 atom stereocenters. The number of hydrogen-bond donors (Lipinski definition) is 2. The standard InChI is InChI=1S/C19H26FN5.HI/c1-22-19(23-12-15-10-14(11-21)6-7-18(15)20)24-16-8-9-25(13-16)17-4-2-3-5-17;/h6-7,10,16-17H,2-5,8-9,12-13H2,1H3,(H2,22,23,24);1H. The van der Waals surface area contributed by atoms with Crippen molar-refractivity contribution < 1.29 is 4.39 Å². The molecule has 1 aromatic rings. The molecule has 2 aliphatic rings. The van der Waals surface area contributed by atoms with Gasteiger partial charge in [0, 0.05) is 44.3 Å². The van der Waals surface area contributed by atoms with Gasteiger partial charge in [-0.25, -0.2) is 4.39 Å². The Morgan fingerprint density at radius 1 is 1.35 bits per heavy atom. The van der Waals surface area contributed by atoms with Gasteiger partial charge >= 0.3 is 0 Å². The van der Waals surface area contributed by atoms with Gasteiger partial charge in [0.25, 0.3) is 0 Å². The Labute approximate surface area is 172 Å². The topological polar surface area (TPSA) is 63.5 Å². The molecule has 5 nitrogen and oxygen atoms in total. The summed E-state index contributed by atoms with van der Waals surface area (Å²) in [5.74, 6) is 0.371. The normalized spacial score (nSPS) is 21.3. The van der Waals surface area contributed by atoms with Crippen molar-refractivity contribution in [3.63, 3.8) is 0 Å². The smallest absolute Gasteiger partial charge is 0.191 e. The quantitative estimate of drug-likeness (QED) is 0.403. The third-order valence-corrected chi connectivity index (χ3v) is 5.25. The summed E-state index contributed by atoms with van der Waals surface area (Å²) >= 11 is 0. The molecule has 2 N–H and O–H groups in total. The van der Waals surface area contributed by atoms with E-state index in [-0.39, 0.29) is 29.8 Å². The first kappa shape index (κ1) is 20.9. The van der Waals surface area contributed by atoms with Crippen LogP contribution in [0.4, 0.5) is 4.39 Å². The number of rotatable bonds is 4. The van der Waals surface area contributed by atoms with Gasteiger partial charge < -0.3 is 10.6 Å². The van der Waals surface area contributed by atoms with E-state index in [1.54, 1.807) is 13.1 Å². The van der Waals surface area contributed by atoms with Crippen molar-refractivity contribution >= 4 is 29.9 Å². The first-order valence-corrected chi connectivity index (χ1v) is 9.09. The molecule has 1 aliphatic carbocycles. The summed E-state index contributed by atoms with van der Waals surface area (Å²) < 4.78 is 13.9. The van der Waals surface area contributed by atoms with Gasteiger partial charge in [0.05, 0.1) is 11.6 Å². The molecule has 1 aromatic carbocycles. The highest BCUT2D eigenvalue weighted by atomic mass is 127. The highest BCUT2D eigenvalue weighted by molar-refractivity contribution is 14.0. The monoisotopic (exact) mass is 471 g/mol. The molecule has 1 saturated heterocycles. The lowest BCUT2D eigenvalue weighted by atomic mass is 10.1. The molecule has 1 heterocycles. The molecular weight excluding hydrogens is 444 g/mol. The zero-order chi connectivity index (χ0) is 17.6. The van der Waals surface area contributed by atoms with Crippen LogP contribution in [-0.4, -0.2) is 43.1 Å². The van der Waals surface area contributed by atoms with Crippen LogP contribution in [-0.2, 0) is 6.54 Å². The van der Waals surface area contributed by atoms with E-state index in [2.05, 4.69) is 20.5 Å². The second-order valence-corrected chi connectivity index (χ2v) is 6.91.